The molecule has 10 atom stereocenters. The molecule has 0 aliphatic carbocycles. The Labute approximate surface area is 443 Å². The molecule has 0 radical (unpaired) electrons. The molecule has 0 aromatic carbocycles. The van der Waals surface area contributed by atoms with Gasteiger partial charge in [0.15, 0.2) is 29.1 Å². The van der Waals surface area contributed by atoms with Gasteiger partial charge in [0, 0.05) is 56.4 Å². The van der Waals surface area contributed by atoms with Crippen LogP contribution >= 0.6 is 0 Å². The van der Waals surface area contributed by atoms with Crippen molar-refractivity contribution in [2.24, 2.45) is 39.9 Å². The molecule has 0 aromatic heterocycles. The molecular formula is C52H93N9O14. The third-order valence-corrected chi connectivity index (χ3v) is 12.8. The zero-order valence-electron chi connectivity index (χ0n) is 45.5. The molecule has 15 N–H and O–H groups in total. The number of nitrogens with one attached hydrogen (secondary N) is 5. The average molecular weight is 1070 g/mol. The van der Waals surface area contributed by atoms with Crippen molar-refractivity contribution >= 4 is 64.5 Å². The molecule has 0 saturated carbocycles. The minimum atomic E-state index is -1.57. The molecule has 0 aliphatic rings. The summed E-state index contributed by atoms with van der Waals surface area (Å²) in [5, 5.41) is 52.8. The van der Waals surface area contributed by atoms with Gasteiger partial charge < -0.3 is 64.2 Å². The molecule has 6 amide bonds. The first-order chi connectivity index (χ1) is 35.4. The van der Waals surface area contributed by atoms with Gasteiger partial charge in [-0.3, -0.25) is 52.9 Å². The second-order valence-corrected chi connectivity index (χ2v) is 19.9. The van der Waals surface area contributed by atoms with Crippen LogP contribution in [-0.2, 0) is 47.9 Å². The van der Waals surface area contributed by atoms with Gasteiger partial charge in [-0.05, 0) is 46.5 Å². The zero-order valence-corrected chi connectivity index (χ0v) is 45.5. The van der Waals surface area contributed by atoms with Crippen LogP contribution in [0.25, 0.3) is 0 Å². The number of aliphatic hydroxyl groups is 4. The molecule has 0 bridgehead atoms. The number of aliphatic imine (C=N–C) groups is 1. The highest BCUT2D eigenvalue weighted by atomic mass is 16.3. The summed E-state index contributed by atoms with van der Waals surface area (Å²) < 4.78 is 0. The molecule has 75 heavy (non-hydrogen) atoms. The van der Waals surface area contributed by atoms with Crippen molar-refractivity contribution in [2.75, 3.05) is 19.7 Å². The highest BCUT2D eigenvalue weighted by Gasteiger charge is 2.35. The fourth-order valence-corrected chi connectivity index (χ4v) is 8.34. The summed E-state index contributed by atoms with van der Waals surface area (Å²) in [4.78, 5) is 135. The van der Waals surface area contributed by atoms with Gasteiger partial charge in [-0.1, -0.05) is 97.8 Å². The van der Waals surface area contributed by atoms with E-state index in [9.17, 15) is 68.4 Å². The Balaban J connectivity index is 5.60. The fourth-order valence-electron chi connectivity index (χ4n) is 8.34. The predicted molar refractivity (Wildman–Crippen MR) is 282 cm³/mol. The number of aliphatic hydroxyl groups excluding tert-OH is 4. The van der Waals surface area contributed by atoms with E-state index in [0.29, 0.717) is 6.42 Å². The molecule has 0 heterocycles. The number of rotatable bonds is 45. The van der Waals surface area contributed by atoms with E-state index in [0.717, 1.165) is 25.7 Å². The van der Waals surface area contributed by atoms with Crippen molar-refractivity contribution in [2.45, 2.75) is 225 Å². The van der Waals surface area contributed by atoms with E-state index in [-0.39, 0.29) is 44.6 Å². The zero-order chi connectivity index (χ0) is 57.0. The number of Topliss-reactive ketones (excluding diaryl/α,β-unsaturated/α-hetero) is 4. The van der Waals surface area contributed by atoms with Crippen LogP contribution in [0.5, 0.6) is 0 Å². The van der Waals surface area contributed by atoms with Crippen LogP contribution in [0.1, 0.15) is 183 Å². The largest absolute Gasteiger partial charge is 0.394 e. The predicted octanol–water partition coefficient (Wildman–Crippen LogP) is 0.702. The smallest absolute Gasteiger partial charge is 0.245 e. The van der Waals surface area contributed by atoms with Crippen LogP contribution in [0.15, 0.2) is 4.99 Å². The summed E-state index contributed by atoms with van der Waals surface area (Å²) in [7, 11) is 0. The second kappa shape index (κ2) is 39.9. The molecule has 0 saturated heterocycles. The van der Waals surface area contributed by atoms with Crippen LogP contribution in [0.2, 0.25) is 0 Å². The number of hydrogen-bond donors (Lipinski definition) is 12. The lowest BCUT2D eigenvalue weighted by Crippen LogP contribution is -2.56. The van der Waals surface area contributed by atoms with Crippen LogP contribution in [-0.4, -0.2) is 147 Å². The Hall–Kier alpha value is -5.39. The third-order valence-electron chi connectivity index (χ3n) is 12.8. The van der Waals surface area contributed by atoms with Crippen LogP contribution < -0.4 is 43.8 Å². The van der Waals surface area contributed by atoms with E-state index < -0.39 is 158 Å². The number of amides is 6. The van der Waals surface area contributed by atoms with Gasteiger partial charge in [-0.15, -0.1) is 0 Å². The molecule has 430 valence electrons. The standard InChI is InChI=1S/C52H93N9O14/c1-7-9-10-11-12-13-14-15-16-17-18-19-20-23-45(71)60-47(35(6)65)51(75)58-39(29-44(53)70)42(68)25-32(3)48(72)57-30-38(66)27-36(22-21-24-56-52(54)55)49(73)59-40(31-62)43(69)28-37(26-33(4)63)50(74)61-46(34(5)64)41(67)8-2/h32-37,39-40,46-47,62-65H,7-31H2,1-6H3,(H2,53,70)(H,57,72)(H,58,75)(H,59,73)(H,60,71)(H,61,74)(H4,54,55,56)/t32-,33?,34-,35-,36-,37-,39+,40+,46+,47+/m1/s1. The van der Waals surface area contributed by atoms with Gasteiger partial charge in [0.05, 0.1) is 43.9 Å². The Bertz CT molecular complexity index is 1820. The van der Waals surface area contributed by atoms with Crippen molar-refractivity contribution in [3.63, 3.8) is 0 Å². The lowest BCUT2D eigenvalue weighted by Gasteiger charge is -2.25. The molecule has 1 unspecified atom stereocenters. The van der Waals surface area contributed by atoms with E-state index in [4.69, 9.17) is 17.2 Å². The van der Waals surface area contributed by atoms with Crippen molar-refractivity contribution in [1.82, 2.24) is 26.6 Å². The van der Waals surface area contributed by atoms with E-state index in [2.05, 4.69) is 38.5 Å². The quantitative estimate of drug-likeness (QED) is 0.0227. The first kappa shape index (κ1) is 69.6. The monoisotopic (exact) mass is 1070 g/mol. The molecule has 0 spiro atoms. The number of nitrogens with two attached hydrogens (primary N) is 3. The van der Waals surface area contributed by atoms with E-state index >= 15 is 0 Å². The Morgan fingerprint density at radius 2 is 1.05 bits per heavy atom. The van der Waals surface area contributed by atoms with Crippen molar-refractivity contribution in [3.8, 4) is 0 Å². The van der Waals surface area contributed by atoms with Crippen molar-refractivity contribution in [3.05, 3.63) is 0 Å². The molecule has 23 heteroatoms. The summed E-state index contributed by atoms with van der Waals surface area (Å²) in [6.45, 7) is 7.58. The molecule has 0 rings (SSSR count). The summed E-state index contributed by atoms with van der Waals surface area (Å²) >= 11 is 0. The normalized spacial score (nSPS) is 15.2. The number of guanidine groups is 1. The number of nitrogens with zero attached hydrogens (tertiary/aromatic N) is 1. The van der Waals surface area contributed by atoms with Crippen LogP contribution in [0, 0.1) is 17.8 Å². The summed E-state index contributed by atoms with van der Waals surface area (Å²) in [5.41, 5.74) is 16.2. The first-order valence-corrected chi connectivity index (χ1v) is 26.9. The maximum atomic E-state index is 13.6. The van der Waals surface area contributed by atoms with Gasteiger partial charge in [0.1, 0.15) is 18.1 Å². The summed E-state index contributed by atoms with van der Waals surface area (Å²) in [5.74, 6) is -11.3. The summed E-state index contributed by atoms with van der Waals surface area (Å²) in [6.07, 6.45) is 8.65. The topological polar surface area (TPSA) is 402 Å². The van der Waals surface area contributed by atoms with Crippen LogP contribution in [0.4, 0.5) is 0 Å². The molecule has 23 nitrogen and oxygen atoms in total. The number of hydrogen-bond acceptors (Lipinski definition) is 15. The molecule has 0 fully saturated rings. The first-order valence-electron chi connectivity index (χ1n) is 26.9. The van der Waals surface area contributed by atoms with E-state index in [1.807, 2.05) is 0 Å². The minimum absolute atomic E-state index is 0.00400. The molecule has 0 aliphatic heterocycles. The van der Waals surface area contributed by atoms with Gasteiger partial charge >= 0.3 is 0 Å². The van der Waals surface area contributed by atoms with Crippen molar-refractivity contribution < 1.29 is 68.4 Å². The fraction of sp³-hybridized carbons (Fsp3) is 0.788. The molecule has 0 aromatic rings. The average Bonchev–Trinajstić information content (AvgIpc) is 3.33. The second-order valence-electron chi connectivity index (χ2n) is 19.9. The number of primary amides is 1. The number of ketones is 4. The maximum absolute atomic E-state index is 13.6. The van der Waals surface area contributed by atoms with E-state index in [1.165, 1.54) is 86.0 Å². The highest BCUT2D eigenvalue weighted by Crippen LogP contribution is 2.19. The Kier molecular flexibility index (Phi) is 37.1. The Morgan fingerprint density at radius 3 is 1.55 bits per heavy atom. The third kappa shape index (κ3) is 32.0. The maximum Gasteiger partial charge on any atom is 0.245 e. The Morgan fingerprint density at radius 1 is 0.533 bits per heavy atom. The van der Waals surface area contributed by atoms with E-state index in [1.54, 1.807) is 0 Å². The van der Waals surface area contributed by atoms with Gasteiger partial charge in [-0.2, -0.15) is 0 Å². The lowest BCUT2D eigenvalue weighted by molar-refractivity contribution is -0.136. The molecular weight excluding hydrogens is 975 g/mol. The van der Waals surface area contributed by atoms with Crippen molar-refractivity contribution in [1.29, 1.82) is 0 Å². The highest BCUT2D eigenvalue weighted by molar-refractivity contribution is 5.98. The lowest BCUT2D eigenvalue weighted by atomic mass is 9.91. The van der Waals surface area contributed by atoms with Gasteiger partial charge in [-0.25, -0.2) is 0 Å². The van der Waals surface area contributed by atoms with Gasteiger partial charge in [0.2, 0.25) is 35.4 Å². The van der Waals surface area contributed by atoms with Gasteiger partial charge in [0.25, 0.3) is 0 Å². The SMILES string of the molecule is CCCCCCCCCCCCCCCC(=O)N[C@H](C(=O)N[C@@H](CC(N)=O)C(=O)C[C@@H](C)C(=O)NCC(=O)C[C@@H](CCCN=C(N)N)C(=O)N[C@@H](CO)C(=O)C[C@@H](CC(C)O)C(=O)N[C@H](C(=O)CC)[C@@H](C)O)[C@@H](C)O. The minimum Gasteiger partial charge on any atom is -0.394 e. The number of carbonyl (C=O) groups excluding carboxylic acids is 10. The number of unbranched alkanes of at least 4 members (excludes halogenated alkanes) is 12. The summed E-state index contributed by atoms with van der Waals surface area (Å²) in [6, 6.07) is -5.85. The number of carbonyl (C=O) groups is 10. The van der Waals surface area contributed by atoms with Crippen LogP contribution in [0.3, 0.4) is 0 Å².